The first-order chi connectivity index (χ1) is 40.5. The minimum atomic E-state index is -0.788. The summed E-state index contributed by atoms with van der Waals surface area (Å²) in [7, 11) is 0. The molecule has 0 rings (SSSR count). The first-order valence-electron chi connectivity index (χ1n) is 34.5. The van der Waals surface area contributed by atoms with E-state index in [0.717, 1.165) is 135 Å². The molecule has 6 heteroatoms. The highest BCUT2D eigenvalue weighted by Crippen LogP contribution is 2.17. The van der Waals surface area contributed by atoms with E-state index in [1.165, 1.54) is 148 Å². The third-order valence-electron chi connectivity index (χ3n) is 14.7. The summed E-state index contributed by atoms with van der Waals surface area (Å²) in [5.74, 6) is -0.887. The van der Waals surface area contributed by atoms with Gasteiger partial charge in [0.15, 0.2) is 6.10 Å². The first-order valence-corrected chi connectivity index (χ1v) is 34.5. The summed E-state index contributed by atoms with van der Waals surface area (Å²) in [6, 6.07) is 0. The van der Waals surface area contributed by atoms with Gasteiger partial charge in [0, 0.05) is 19.3 Å². The van der Waals surface area contributed by atoms with Gasteiger partial charge in [0.1, 0.15) is 13.2 Å². The lowest BCUT2D eigenvalue weighted by molar-refractivity contribution is -0.167. The van der Waals surface area contributed by atoms with Crippen molar-refractivity contribution in [1.82, 2.24) is 0 Å². The molecule has 0 spiro atoms. The molecule has 0 aromatic rings. The number of hydrogen-bond acceptors (Lipinski definition) is 6. The molecule has 0 bridgehead atoms. The van der Waals surface area contributed by atoms with Crippen LogP contribution in [0.3, 0.4) is 0 Å². The second kappa shape index (κ2) is 69.3. The monoisotopic (exact) mass is 1140 g/mol. The van der Waals surface area contributed by atoms with Crippen molar-refractivity contribution in [2.24, 2.45) is 0 Å². The van der Waals surface area contributed by atoms with Gasteiger partial charge in [-0.2, -0.15) is 0 Å². The molecule has 0 amide bonds. The van der Waals surface area contributed by atoms with E-state index in [4.69, 9.17) is 14.2 Å². The second-order valence-corrected chi connectivity index (χ2v) is 22.7. The number of hydrogen-bond donors (Lipinski definition) is 0. The maximum atomic E-state index is 12.9. The number of unbranched alkanes of at least 4 members (excludes halogenated alkanes) is 31. The molecule has 0 aromatic heterocycles. The van der Waals surface area contributed by atoms with Gasteiger partial charge < -0.3 is 14.2 Å². The van der Waals surface area contributed by atoms with Gasteiger partial charge in [-0.15, -0.1) is 0 Å². The Labute approximate surface area is 507 Å². The van der Waals surface area contributed by atoms with Crippen LogP contribution in [0.1, 0.15) is 323 Å². The molecule has 0 saturated heterocycles. The summed E-state index contributed by atoms with van der Waals surface area (Å²) in [5, 5.41) is 0. The number of ether oxygens (including phenoxy) is 3. The van der Waals surface area contributed by atoms with Crippen molar-refractivity contribution in [1.29, 1.82) is 0 Å². The molecule has 1 unspecified atom stereocenters. The van der Waals surface area contributed by atoms with Crippen molar-refractivity contribution in [3.05, 3.63) is 122 Å². The van der Waals surface area contributed by atoms with Crippen molar-refractivity contribution in [3.63, 3.8) is 0 Å². The highest BCUT2D eigenvalue weighted by Gasteiger charge is 2.19. The van der Waals surface area contributed by atoms with Gasteiger partial charge in [-0.05, 0) is 109 Å². The second-order valence-electron chi connectivity index (χ2n) is 22.7. The highest BCUT2D eigenvalue weighted by molar-refractivity contribution is 5.71. The fourth-order valence-electron chi connectivity index (χ4n) is 9.62. The molecule has 0 aliphatic rings. The van der Waals surface area contributed by atoms with Crippen LogP contribution < -0.4 is 0 Å². The zero-order chi connectivity index (χ0) is 59.2. The summed E-state index contributed by atoms with van der Waals surface area (Å²) in [5.41, 5.74) is 0. The fourth-order valence-corrected chi connectivity index (χ4v) is 9.62. The van der Waals surface area contributed by atoms with Crippen molar-refractivity contribution in [2.75, 3.05) is 13.2 Å². The summed E-state index contributed by atoms with van der Waals surface area (Å²) < 4.78 is 17.0. The van der Waals surface area contributed by atoms with Gasteiger partial charge in [0.05, 0.1) is 0 Å². The van der Waals surface area contributed by atoms with E-state index < -0.39 is 6.10 Å². The Balaban J connectivity index is 4.29. The number of carbonyl (C=O) groups excluding carboxylic acids is 3. The number of carbonyl (C=O) groups is 3. The molecular formula is C76H128O6. The molecule has 0 heterocycles. The number of esters is 3. The van der Waals surface area contributed by atoms with Crippen LogP contribution in [0.25, 0.3) is 0 Å². The van der Waals surface area contributed by atoms with Crippen molar-refractivity contribution in [2.45, 2.75) is 329 Å². The van der Waals surface area contributed by atoms with Gasteiger partial charge >= 0.3 is 17.9 Å². The van der Waals surface area contributed by atoms with Gasteiger partial charge in [0.25, 0.3) is 0 Å². The topological polar surface area (TPSA) is 78.9 Å². The van der Waals surface area contributed by atoms with Crippen LogP contribution >= 0.6 is 0 Å². The van der Waals surface area contributed by atoms with E-state index >= 15 is 0 Å². The lowest BCUT2D eigenvalue weighted by atomic mass is 10.0. The zero-order valence-corrected chi connectivity index (χ0v) is 53.7. The predicted octanol–water partition coefficient (Wildman–Crippen LogP) is 23.9. The quantitative estimate of drug-likeness (QED) is 0.0261. The molecule has 0 radical (unpaired) electrons. The Hall–Kier alpha value is -4.19. The van der Waals surface area contributed by atoms with E-state index in [1.807, 2.05) is 0 Å². The third-order valence-corrected chi connectivity index (χ3v) is 14.7. The summed E-state index contributed by atoms with van der Waals surface area (Å²) in [6.07, 6.45) is 96.4. The average Bonchev–Trinajstić information content (AvgIpc) is 3.47. The van der Waals surface area contributed by atoms with Crippen molar-refractivity contribution >= 4 is 17.9 Å². The predicted molar refractivity (Wildman–Crippen MR) is 357 cm³/mol. The molecule has 0 aliphatic carbocycles. The Kier molecular flexibility index (Phi) is 65.8. The van der Waals surface area contributed by atoms with E-state index in [1.54, 1.807) is 0 Å². The maximum absolute atomic E-state index is 12.9. The number of rotatable bonds is 62. The molecule has 0 aliphatic heterocycles. The first kappa shape index (κ1) is 77.8. The van der Waals surface area contributed by atoms with Crippen LogP contribution in [0.2, 0.25) is 0 Å². The molecule has 1 atom stereocenters. The minimum absolute atomic E-state index is 0.0825. The molecule has 82 heavy (non-hydrogen) atoms. The van der Waals surface area contributed by atoms with Crippen molar-refractivity contribution in [3.8, 4) is 0 Å². The maximum Gasteiger partial charge on any atom is 0.306 e. The van der Waals surface area contributed by atoms with Crippen molar-refractivity contribution < 1.29 is 28.6 Å². The summed E-state index contributed by atoms with van der Waals surface area (Å²) >= 11 is 0. The Morgan fingerprint density at radius 1 is 0.256 bits per heavy atom. The minimum Gasteiger partial charge on any atom is -0.462 e. The van der Waals surface area contributed by atoms with Crippen LogP contribution in [-0.4, -0.2) is 37.2 Å². The van der Waals surface area contributed by atoms with Crippen LogP contribution in [0, 0.1) is 0 Å². The highest BCUT2D eigenvalue weighted by atomic mass is 16.6. The average molecular weight is 1140 g/mol. The Bertz CT molecular complexity index is 1690. The Morgan fingerprint density at radius 2 is 0.476 bits per heavy atom. The molecule has 468 valence electrons. The summed E-state index contributed by atoms with van der Waals surface area (Å²) in [4.78, 5) is 38.4. The molecule has 6 nitrogen and oxygen atoms in total. The molecule has 0 fully saturated rings. The smallest absolute Gasteiger partial charge is 0.306 e. The SMILES string of the molecule is CC/C=C\C/C=C\C/C=C\C/C=C\C/C=C\C/C=C\CCCCCCCCCCCCCCC(=O)OCC(COC(=O)CCCCCCCCCCCCCCCC)OC(=O)CCCCCCCC/C=C\C/C=C\C/C=C\C/C=C\CC. The van der Waals surface area contributed by atoms with Gasteiger partial charge in [-0.3, -0.25) is 14.4 Å². The lowest BCUT2D eigenvalue weighted by Crippen LogP contribution is -2.30. The van der Waals surface area contributed by atoms with Crippen LogP contribution in [-0.2, 0) is 28.6 Å². The fraction of sp³-hybridized carbons (Fsp3) is 0.697. The molecule has 0 N–H and O–H groups in total. The van der Waals surface area contributed by atoms with Crippen LogP contribution in [0.15, 0.2) is 122 Å². The standard InChI is InChI=1S/C76H128O6/c1-4-7-10-13-16-19-22-25-28-30-32-33-34-35-36-37-38-39-40-41-42-43-45-46-48-51-54-57-60-63-66-69-75(78)81-72-73(71-80-74(77)68-65-62-59-56-53-50-27-24-21-18-15-12-9-6-3)82-76(79)70-67-64-61-58-55-52-49-47-44-31-29-26-23-20-17-14-11-8-5-2/h7-8,10-11,16-17,19-20,25-26,28-29,32-33,35-36,38-39,44,47,73H,4-6,9,12-15,18,21-24,27,30-31,34,37,40-43,45-46,48-72H2,1-3H3/b10-7-,11-8-,19-16-,20-17-,28-25-,29-26-,33-32-,36-35-,39-38-,47-44-. The third kappa shape index (κ3) is 66.6. The van der Waals surface area contributed by atoms with E-state index in [2.05, 4.69) is 142 Å². The molecule has 0 saturated carbocycles. The van der Waals surface area contributed by atoms with E-state index in [0.29, 0.717) is 19.3 Å². The largest absolute Gasteiger partial charge is 0.462 e. The Morgan fingerprint density at radius 3 is 0.744 bits per heavy atom. The number of allylic oxidation sites excluding steroid dienone is 20. The van der Waals surface area contributed by atoms with Crippen LogP contribution in [0.4, 0.5) is 0 Å². The summed E-state index contributed by atoms with van der Waals surface area (Å²) in [6.45, 7) is 6.43. The zero-order valence-electron chi connectivity index (χ0n) is 53.7. The lowest BCUT2D eigenvalue weighted by Gasteiger charge is -2.18. The molecule has 0 aromatic carbocycles. The van der Waals surface area contributed by atoms with Gasteiger partial charge in [-0.25, -0.2) is 0 Å². The van der Waals surface area contributed by atoms with Gasteiger partial charge in [0.2, 0.25) is 0 Å². The van der Waals surface area contributed by atoms with Gasteiger partial charge in [-0.1, -0.05) is 316 Å². The van der Waals surface area contributed by atoms with E-state index in [-0.39, 0.29) is 31.1 Å². The normalized spacial score (nSPS) is 12.9. The van der Waals surface area contributed by atoms with Crippen LogP contribution in [0.5, 0.6) is 0 Å². The molecular weight excluding hydrogens is 1010 g/mol. The van der Waals surface area contributed by atoms with E-state index in [9.17, 15) is 14.4 Å².